The average molecular weight is 222 g/mol. The summed E-state index contributed by atoms with van der Waals surface area (Å²) in [6.45, 7) is 0. The van der Waals surface area contributed by atoms with Crippen LogP contribution in [-0.4, -0.2) is 22.3 Å². The first-order valence-electron chi connectivity index (χ1n) is 4.36. The first kappa shape index (κ1) is 10.3. The van der Waals surface area contributed by atoms with Gasteiger partial charge in [-0.25, -0.2) is 0 Å². The molecule has 0 aliphatic carbocycles. The Balaban J connectivity index is 2.72. The van der Waals surface area contributed by atoms with Crippen LogP contribution in [0.1, 0.15) is 0 Å². The largest absolute Gasteiger partial charge is 0.508 e. The molecule has 2 aromatic carbocycles. The highest BCUT2D eigenvalue weighted by molar-refractivity contribution is 6.60. The third-order valence-corrected chi connectivity index (χ3v) is 2.46. The molecule has 0 aliphatic heterocycles. The zero-order chi connectivity index (χ0) is 11.0. The van der Waals surface area contributed by atoms with E-state index in [1.54, 1.807) is 18.2 Å². The van der Waals surface area contributed by atoms with Crippen LogP contribution in [0.25, 0.3) is 10.8 Å². The molecule has 2 aromatic rings. The molecule has 0 saturated carbocycles. The van der Waals surface area contributed by atoms with E-state index in [9.17, 15) is 5.11 Å². The fourth-order valence-electron chi connectivity index (χ4n) is 1.48. The summed E-state index contributed by atoms with van der Waals surface area (Å²) < 4.78 is 0. The quantitative estimate of drug-likeness (QED) is 0.628. The van der Waals surface area contributed by atoms with Gasteiger partial charge in [0.05, 0.1) is 0 Å². The lowest BCUT2D eigenvalue weighted by molar-refractivity contribution is 0.420. The summed E-state index contributed by atoms with van der Waals surface area (Å²) >= 11 is 5.80. The molecule has 0 bridgehead atoms. The molecule has 0 amide bonds. The average Bonchev–Trinajstić information content (AvgIpc) is 2.17. The molecule has 2 rings (SSSR count). The molecule has 0 aromatic heterocycles. The Bertz CT molecular complexity index is 513. The molecule has 15 heavy (non-hydrogen) atoms. The van der Waals surface area contributed by atoms with Gasteiger partial charge in [0.15, 0.2) is 0 Å². The van der Waals surface area contributed by atoms with Crippen LogP contribution in [0.2, 0.25) is 5.02 Å². The van der Waals surface area contributed by atoms with Crippen molar-refractivity contribution in [2.75, 3.05) is 0 Å². The highest BCUT2D eigenvalue weighted by Gasteiger charge is 2.16. The van der Waals surface area contributed by atoms with Gasteiger partial charge in [0.1, 0.15) is 5.75 Å². The van der Waals surface area contributed by atoms with Crippen molar-refractivity contribution in [3.05, 3.63) is 35.4 Å². The van der Waals surface area contributed by atoms with Crippen LogP contribution in [-0.2, 0) is 0 Å². The van der Waals surface area contributed by atoms with E-state index in [0.29, 0.717) is 5.02 Å². The van der Waals surface area contributed by atoms with Crippen molar-refractivity contribution in [2.45, 2.75) is 0 Å². The van der Waals surface area contributed by atoms with Gasteiger partial charge in [0, 0.05) is 10.5 Å². The summed E-state index contributed by atoms with van der Waals surface area (Å²) in [6, 6.07) is 8.13. The van der Waals surface area contributed by atoms with Crippen LogP contribution in [0.4, 0.5) is 0 Å². The van der Waals surface area contributed by atoms with Crippen LogP contribution in [0.15, 0.2) is 30.3 Å². The van der Waals surface area contributed by atoms with Gasteiger partial charge < -0.3 is 15.2 Å². The highest BCUT2D eigenvalue weighted by atomic mass is 35.5. The molecule has 5 heteroatoms. The molecule has 0 fully saturated rings. The van der Waals surface area contributed by atoms with Crippen molar-refractivity contribution >= 4 is 35.0 Å². The minimum atomic E-state index is -1.69. The number of phenolic OH excluding ortho intramolecular Hbond substituents is 1. The lowest BCUT2D eigenvalue weighted by atomic mass is 9.78. The number of rotatable bonds is 1. The smallest absolute Gasteiger partial charge is 0.492 e. The number of benzene rings is 2. The summed E-state index contributed by atoms with van der Waals surface area (Å²) in [5, 5.41) is 29.6. The van der Waals surface area contributed by atoms with Crippen molar-refractivity contribution in [3.8, 4) is 5.75 Å². The van der Waals surface area contributed by atoms with E-state index in [0.717, 1.165) is 10.8 Å². The SMILES string of the molecule is OB(O)c1cc2cc(Cl)ccc2cc1O. The van der Waals surface area contributed by atoms with E-state index in [1.807, 2.05) is 0 Å². The lowest BCUT2D eigenvalue weighted by Crippen LogP contribution is -2.29. The number of phenols is 1. The van der Waals surface area contributed by atoms with Crippen molar-refractivity contribution in [1.82, 2.24) is 0 Å². The second-order valence-corrected chi connectivity index (χ2v) is 3.71. The summed E-state index contributed by atoms with van der Waals surface area (Å²) in [7, 11) is -1.69. The third kappa shape index (κ3) is 1.92. The summed E-state index contributed by atoms with van der Waals surface area (Å²) in [5.41, 5.74) is 0.0739. The number of fused-ring (bicyclic) bond motifs is 1. The molecule has 0 heterocycles. The molecule has 76 valence electrons. The Morgan fingerprint density at radius 3 is 2.40 bits per heavy atom. The van der Waals surface area contributed by atoms with Crippen LogP contribution in [0, 0.1) is 0 Å². The fourth-order valence-corrected chi connectivity index (χ4v) is 1.66. The molecule has 3 N–H and O–H groups in total. The molecule has 0 spiro atoms. The van der Waals surface area contributed by atoms with Gasteiger partial charge >= 0.3 is 7.12 Å². The second-order valence-electron chi connectivity index (χ2n) is 3.28. The number of hydrogen-bond acceptors (Lipinski definition) is 3. The maximum Gasteiger partial charge on any atom is 0.492 e. The van der Waals surface area contributed by atoms with Crippen LogP contribution >= 0.6 is 11.6 Å². The van der Waals surface area contributed by atoms with Crippen molar-refractivity contribution in [1.29, 1.82) is 0 Å². The van der Waals surface area contributed by atoms with Crippen molar-refractivity contribution in [2.24, 2.45) is 0 Å². The van der Waals surface area contributed by atoms with Gasteiger partial charge in [-0.15, -0.1) is 0 Å². The standard InChI is InChI=1S/C10H8BClO3/c12-8-2-1-6-5-10(13)9(11(14)15)4-7(6)3-8/h1-5,13-15H. The van der Waals surface area contributed by atoms with E-state index >= 15 is 0 Å². The van der Waals surface area contributed by atoms with Crippen LogP contribution < -0.4 is 5.46 Å². The van der Waals surface area contributed by atoms with Gasteiger partial charge in [0.25, 0.3) is 0 Å². The lowest BCUT2D eigenvalue weighted by Gasteiger charge is -2.06. The molecular formula is C10H8BClO3. The van der Waals surface area contributed by atoms with Gasteiger partial charge in [0.2, 0.25) is 0 Å². The maximum atomic E-state index is 9.50. The first-order valence-corrected chi connectivity index (χ1v) is 4.74. The predicted octanol–water partition coefficient (Wildman–Crippen LogP) is 0.879. The van der Waals surface area contributed by atoms with Crippen LogP contribution in [0.5, 0.6) is 5.75 Å². The van der Waals surface area contributed by atoms with E-state index in [2.05, 4.69) is 0 Å². The van der Waals surface area contributed by atoms with Gasteiger partial charge in [-0.3, -0.25) is 0 Å². The summed E-state index contributed by atoms with van der Waals surface area (Å²) in [6.07, 6.45) is 0. The fraction of sp³-hybridized carbons (Fsp3) is 0. The third-order valence-electron chi connectivity index (χ3n) is 2.23. The van der Waals surface area contributed by atoms with Gasteiger partial charge in [-0.05, 0) is 29.0 Å². The molecule has 0 saturated heterocycles. The Kier molecular flexibility index (Phi) is 2.56. The molecule has 0 unspecified atom stereocenters. The van der Waals surface area contributed by atoms with Gasteiger partial charge in [-0.1, -0.05) is 23.7 Å². The van der Waals surface area contributed by atoms with E-state index in [4.69, 9.17) is 21.6 Å². The van der Waals surface area contributed by atoms with Crippen molar-refractivity contribution in [3.63, 3.8) is 0 Å². The van der Waals surface area contributed by atoms with E-state index < -0.39 is 7.12 Å². The van der Waals surface area contributed by atoms with E-state index in [-0.39, 0.29) is 11.2 Å². The minimum absolute atomic E-state index is 0.0739. The van der Waals surface area contributed by atoms with Crippen molar-refractivity contribution < 1.29 is 15.2 Å². The Labute approximate surface area is 91.7 Å². The molecular weight excluding hydrogens is 214 g/mol. The summed E-state index contributed by atoms with van der Waals surface area (Å²) in [5.74, 6) is -0.139. The summed E-state index contributed by atoms with van der Waals surface area (Å²) in [4.78, 5) is 0. The first-order chi connectivity index (χ1) is 7.08. The maximum absolute atomic E-state index is 9.50. The normalized spacial score (nSPS) is 10.6. The van der Waals surface area contributed by atoms with E-state index in [1.165, 1.54) is 12.1 Å². The van der Waals surface area contributed by atoms with Gasteiger partial charge in [-0.2, -0.15) is 0 Å². The Hall–Kier alpha value is -1.23. The predicted molar refractivity (Wildman–Crippen MR) is 60.4 cm³/mol. The monoisotopic (exact) mass is 222 g/mol. The molecule has 0 radical (unpaired) electrons. The Morgan fingerprint density at radius 1 is 1.00 bits per heavy atom. The second kappa shape index (κ2) is 3.74. The number of aromatic hydroxyl groups is 1. The van der Waals surface area contributed by atoms with Crippen LogP contribution in [0.3, 0.4) is 0 Å². The number of halogens is 1. The molecule has 0 aliphatic rings. The zero-order valence-electron chi connectivity index (χ0n) is 7.68. The minimum Gasteiger partial charge on any atom is -0.508 e. The number of hydrogen-bond donors (Lipinski definition) is 3. The molecule has 0 atom stereocenters. The highest BCUT2D eigenvalue weighted by Crippen LogP contribution is 2.22. The Morgan fingerprint density at radius 2 is 1.73 bits per heavy atom. The topological polar surface area (TPSA) is 60.7 Å². The zero-order valence-corrected chi connectivity index (χ0v) is 8.44. The molecule has 3 nitrogen and oxygen atoms in total.